The molecule has 2 amide bonds. The van der Waals surface area contributed by atoms with Gasteiger partial charge in [-0.25, -0.2) is 0 Å². The van der Waals surface area contributed by atoms with Crippen LogP contribution in [0.25, 0.3) is 0 Å². The molecule has 0 N–H and O–H groups in total. The second-order valence-electron chi connectivity index (χ2n) is 8.04. The lowest BCUT2D eigenvalue weighted by atomic mass is 9.93. The lowest BCUT2D eigenvalue weighted by molar-refractivity contribution is -0.133. The molecule has 2 heterocycles. The molecule has 0 radical (unpaired) electrons. The SMILES string of the molecule is C=CCN(CC(=O)N1CCc2sccc2C1c1ccc(Cl)cc1Cl)C(=O)c1ccc(C)cc1. The third kappa shape index (κ3) is 5.01. The molecule has 0 bridgehead atoms. The number of rotatable bonds is 6. The number of halogens is 2. The predicted molar refractivity (Wildman–Crippen MR) is 135 cm³/mol. The second kappa shape index (κ2) is 10.1. The molecule has 1 aliphatic rings. The van der Waals surface area contributed by atoms with Crippen LogP contribution in [-0.2, 0) is 11.2 Å². The van der Waals surface area contributed by atoms with Gasteiger partial charge in [0.25, 0.3) is 5.91 Å². The van der Waals surface area contributed by atoms with Crippen LogP contribution >= 0.6 is 34.5 Å². The smallest absolute Gasteiger partial charge is 0.254 e. The number of fused-ring (bicyclic) bond motifs is 1. The number of hydrogen-bond donors (Lipinski definition) is 0. The summed E-state index contributed by atoms with van der Waals surface area (Å²) in [5.74, 6) is -0.331. The molecule has 1 atom stereocenters. The summed E-state index contributed by atoms with van der Waals surface area (Å²) < 4.78 is 0. The first-order valence-electron chi connectivity index (χ1n) is 10.7. The quantitative estimate of drug-likeness (QED) is 0.381. The summed E-state index contributed by atoms with van der Waals surface area (Å²) in [5.41, 5.74) is 3.52. The minimum absolute atomic E-state index is 0.0418. The zero-order valence-corrected chi connectivity index (χ0v) is 20.6. The van der Waals surface area contributed by atoms with Gasteiger partial charge in [-0.3, -0.25) is 9.59 Å². The van der Waals surface area contributed by atoms with Gasteiger partial charge >= 0.3 is 0 Å². The molecule has 0 aliphatic carbocycles. The van der Waals surface area contributed by atoms with Crippen molar-refractivity contribution in [1.82, 2.24) is 9.80 Å². The molecule has 1 aliphatic heterocycles. The number of carbonyl (C=O) groups excluding carboxylic acids is 2. The predicted octanol–water partition coefficient (Wildman–Crippen LogP) is 6.17. The molecule has 4 nitrogen and oxygen atoms in total. The van der Waals surface area contributed by atoms with E-state index in [2.05, 4.69) is 6.58 Å². The first-order valence-corrected chi connectivity index (χ1v) is 12.3. The largest absolute Gasteiger partial charge is 0.330 e. The second-order valence-corrected chi connectivity index (χ2v) is 9.89. The Morgan fingerprint density at radius 1 is 1.15 bits per heavy atom. The van der Waals surface area contributed by atoms with Crippen molar-refractivity contribution < 1.29 is 9.59 Å². The molecule has 1 aromatic heterocycles. The maximum Gasteiger partial charge on any atom is 0.254 e. The van der Waals surface area contributed by atoms with Gasteiger partial charge in [0, 0.05) is 33.6 Å². The number of hydrogen-bond acceptors (Lipinski definition) is 3. The van der Waals surface area contributed by atoms with Crippen LogP contribution in [0.4, 0.5) is 0 Å². The van der Waals surface area contributed by atoms with Crippen LogP contribution in [0.1, 0.15) is 38.0 Å². The Morgan fingerprint density at radius 2 is 1.91 bits per heavy atom. The van der Waals surface area contributed by atoms with Crippen molar-refractivity contribution in [3.63, 3.8) is 0 Å². The monoisotopic (exact) mass is 498 g/mol. The maximum atomic E-state index is 13.6. The van der Waals surface area contributed by atoms with Gasteiger partial charge in [-0.1, -0.05) is 53.0 Å². The average molecular weight is 499 g/mol. The highest BCUT2D eigenvalue weighted by molar-refractivity contribution is 7.10. The summed E-state index contributed by atoms with van der Waals surface area (Å²) in [6, 6.07) is 14.4. The van der Waals surface area contributed by atoms with Crippen LogP contribution < -0.4 is 0 Å². The molecule has 2 aromatic carbocycles. The Morgan fingerprint density at radius 3 is 2.61 bits per heavy atom. The summed E-state index contributed by atoms with van der Waals surface area (Å²) in [5, 5.41) is 3.10. The van der Waals surface area contributed by atoms with Gasteiger partial charge in [-0.15, -0.1) is 17.9 Å². The van der Waals surface area contributed by atoms with E-state index in [-0.39, 0.29) is 30.9 Å². The van der Waals surface area contributed by atoms with Gasteiger partial charge in [-0.05, 0) is 60.2 Å². The topological polar surface area (TPSA) is 40.6 Å². The van der Waals surface area contributed by atoms with Gasteiger partial charge < -0.3 is 9.80 Å². The van der Waals surface area contributed by atoms with E-state index in [0.29, 0.717) is 22.2 Å². The van der Waals surface area contributed by atoms with Gasteiger partial charge in [0.05, 0.1) is 6.04 Å². The Hall–Kier alpha value is -2.60. The molecule has 7 heteroatoms. The first kappa shape index (κ1) is 23.6. The first-order chi connectivity index (χ1) is 15.9. The van der Waals surface area contributed by atoms with Crippen molar-refractivity contribution in [2.45, 2.75) is 19.4 Å². The lowest BCUT2D eigenvalue weighted by Gasteiger charge is -2.38. The van der Waals surface area contributed by atoms with Crippen molar-refractivity contribution in [3.8, 4) is 0 Å². The summed E-state index contributed by atoms with van der Waals surface area (Å²) in [6.45, 7) is 6.53. The molecule has 3 aromatic rings. The molecule has 0 saturated carbocycles. The fraction of sp³-hybridized carbons (Fsp3) is 0.231. The molecule has 1 unspecified atom stereocenters. The van der Waals surface area contributed by atoms with E-state index in [1.807, 2.05) is 41.5 Å². The number of aryl methyl sites for hydroxylation is 1. The van der Waals surface area contributed by atoms with E-state index >= 15 is 0 Å². The maximum absolute atomic E-state index is 13.6. The number of thiophene rings is 1. The number of nitrogens with zero attached hydrogens (tertiary/aromatic N) is 2. The Balaban J connectivity index is 1.64. The molecule has 4 rings (SSSR count). The third-order valence-corrected chi connectivity index (χ3v) is 7.36. The van der Waals surface area contributed by atoms with Crippen LogP contribution in [0.2, 0.25) is 10.0 Å². The Bertz CT molecular complexity index is 1190. The minimum Gasteiger partial charge on any atom is -0.330 e. The van der Waals surface area contributed by atoms with Crippen LogP contribution in [-0.4, -0.2) is 41.2 Å². The Kier molecular flexibility index (Phi) is 7.23. The van der Waals surface area contributed by atoms with Crippen molar-refractivity contribution in [2.24, 2.45) is 0 Å². The van der Waals surface area contributed by atoms with Crippen molar-refractivity contribution >= 4 is 46.4 Å². The summed E-state index contributed by atoms with van der Waals surface area (Å²) >= 11 is 14.4. The fourth-order valence-corrected chi connectivity index (χ4v) is 5.57. The van der Waals surface area contributed by atoms with Crippen LogP contribution in [0.5, 0.6) is 0 Å². The molecule has 0 spiro atoms. The number of carbonyl (C=O) groups is 2. The fourth-order valence-electron chi connectivity index (χ4n) is 4.15. The van der Waals surface area contributed by atoms with E-state index in [0.717, 1.165) is 23.1 Å². The van der Waals surface area contributed by atoms with E-state index in [4.69, 9.17) is 23.2 Å². The average Bonchev–Trinajstić information content (AvgIpc) is 3.27. The molecular weight excluding hydrogens is 475 g/mol. The normalized spacial score (nSPS) is 15.1. The van der Waals surface area contributed by atoms with Crippen molar-refractivity contribution in [1.29, 1.82) is 0 Å². The highest BCUT2D eigenvalue weighted by Crippen LogP contribution is 2.41. The van der Waals surface area contributed by atoms with Crippen molar-refractivity contribution in [2.75, 3.05) is 19.6 Å². The van der Waals surface area contributed by atoms with E-state index < -0.39 is 0 Å². The van der Waals surface area contributed by atoms with E-state index in [1.54, 1.807) is 41.7 Å². The number of benzene rings is 2. The third-order valence-electron chi connectivity index (χ3n) is 5.80. The van der Waals surface area contributed by atoms with Gasteiger partial charge in [-0.2, -0.15) is 0 Å². The zero-order valence-electron chi connectivity index (χ0n) is 18.3. The summed E-state index contributed by atoms with van der Waals surface area (Å²) in [6.07, 6.45) is 2.41. The van der Waals surface area contributed by atoms with E-state index in [1.165, 1.54) is 9.78 Å². The van der Waals surface area contributed by atoms with Crippen LogP contribution in [0.3, 0.4) is 0 Å². The minimum atomic E-state index is -0.322. The zero-order chi connectivity index (χ0) is 23.5. The van der Waals surface area contributed by atoms with Crippen LogP contribution in [0.15, 0.2) is 66.6 Å². The van der Waals surface area contributed by atoms with Gasteiger partial charge in [0.1, 0.15) is 6.54 Å². The molecule has 0 fully saturated rings. The number of amides is 2. The molecule has 33 heavy (non-hydrogen) atoms. The van der Waals surface area contributed by atoms with Gasteiger partial charge in [0.15, 0.2) is 0 Å². The van der Waals surface area contributed by atoms with Crippen molar-refractivity contribution in [3.05, 3.63) is 104 Å². The standard InChI is InChI=1S/C26H24Cl2N2O2S/c1-3-12-29(26(32)18-6-4-17(2)5-7-18)16-24(31)30-13-10-23-21(11-14-33-23)25(30)20-9-8-19(27)15-22(20)28/h3-9,11,14-15,25H,1,10,12-13,16H2,2H3. The molecule has 170 valence electrons. The summed E-state index contributed by atoms with van der Waals surface area (Å²) in [4.78, 5) is 31.3. The Labute approximate surface area is 208 Å². The highest BCUT2D eigenvalue weighted by atomic mass is 35.5. The lowest BCUT2D eigenvalue weighted by Crippen LogP contribution is -2.46. The summed E-state index contributed by atoms with van der Waals surface area (Å²) in [7, 11) is 0. The molecular formula is C26H24Cl2N2O2S. The van der Waals surface area contributed by atoms with Crippen LogP contribution in [0, 0.1) is 6.92 Å². The molecule has 0 saturated heterocycles. The van der Waals surface area contributed by atoms with Gasteiger partial charge in [0.2, 0.25) is 5.91 Å². The highest BCUT2D eigenvalue weighted by Gasteiger charge is 2.35. The van der Waals surface area contributed by atoms with E-state index in [9.17, 15) is 9.59 Å².